The van der Waals surface area contributed by atoms with Crippen LogP contribution >= 0.6 is 0 Å². The Morgan fingerprint density at radius 3 is 2.50 bits per heavy atom. The van der Waals surface area contributed by atoms with E-state index in [2.05, 4.69) is 22.0 Å². The Morgan fingerprint density at radius 1 is 0.969 bits per heavy atom. The molecule has 0 spiro atoms. The van der Waals surface area contributed by atoms with Crippen LogP contribution < -0.4 is 14.4 Å². The second-order valence-electron chi connectivity index (χ2n) is 7.39. The van der Waals surface area contributed by atoms with E-state index in [4.69, 9.17) is 14.2 Å². The lowest BCUT2D eigenvalue weighted by Gasteiger charge is -2.28. The number of ether oxygens (including phenoxy) is 3. The molecular formula is C26H27FN2O3. The highest BCUT2D eigenvalue weighted by Gasteiger charge is 2.11. The van der Waals surface area contributed by atoms with E-state index < -0.39 is 0 Å². The van der Waals surface area contributed by atoms with Crippen LogP contribution in [0.1, 0.15) is 18.1 Å². The Labute approximate surface area is 188 Å². The first-order valence-corrected chi connectivity index (χ1v) is 10.8. The van der Waals surface area contributed by atoms with Gasteiger partial charge < -0.3 is 19.1 Å². The molecule has 0 bridgehead atoms. The Bertz CT molecular complexity index is 1050. The van der Waals surface area contributed by atoms with Crippen LogP contribution in [0.15, 0.2) is 71.7 Å². The van der Waals surface area contributed by atoms with Crippen LogP contribution in [-0.2, 0) is 11.3 Å². The molecule has 0 N–H and O–H groups in total. The quantitative estimate of drug-likeness (QED) is 0.446. The summed E-state index contributed by atoms with van der Waals surface area (Å²) < 4.78 is 30.8. The lowest BCUT2D eigenvalue weighted by Crippen LogP contribution is -2.36. The highest BCUT2D eigenvalue weighted by atomic mass is 19.1. The average molecular weight is 435 g/mol. The Hall–Kier alpha value is -3.38. The van der Waals surface area contributed by atoms with Crippen molar-refractivity contribution in [3.63, 3.8) is 0 Å². The number of nitrogens with zero attached hydrogens (tertiary/aromatic N) is 2. The van der Waals surface area contributed by atoms with Crippen molar-refractivity contribution in [3.8, 4) is 11.5 Å². The minimum atomic E-state index is -0.283. The Morgan fingerprint density at radius 2 is 1.75 bits per heavy atom. The maximum absolute atomic E-state index is 13.9. The van der Waals surface area contributed by atoms with Crippen molar-refractivity contribution in [3.05, 3.63) is 83.7 Å². The van der Waals surface area contributed by atoms with E-state index in [0.717, 1.165) is 37.6 Å². The minimum Gasteiger partial charge on any atom is -0.490 e. The zero-order chi connectivity index (χ0) is 22.2. The predicted octanol–water partition coefficient (Wildman–Crippen LogP) is 5.39. The Kier molecular flexibility index (Phi) is 7.35. The number of aliphatic imine (C=N–C) groups is 1. The summed E-state index contributed by atoms with van der Waals surface area (Å²) in [6.45, 7) is 5.90. The first-order chi connectivity index (χ1) is 15.7. The molecule has 4 rings (SSSR count). The molecular weight excluding hydrogens is 407 g/mol. The molecule has 0 amide bonds. The van der Waals surface area contributed by atoms with Gasteiger partial charge >= 0.3 is 0 Å². The smallest absolute Gasteiger partial charge is 0.161 e. The van der Waals surface area contributed by atoms with Gasteiger partial charge in [0, 0.05) is 30.6 Å². The van der Waals surface area contributed by atoms with E-state index in [1.54, 1.807) is 24.4 Å². The van der Waals surface area contributed by atoms with Crippen molar-refractivity contribution in [2.75, 3.05) is 37.8 Å². The van der Waals surface area contributed by atoms with Crippen molar-refractivity contribution in [2.45, 2.75) is 13.5 Å². The molecule has 1 aliphatic heterocycles. The van der Waals surface area contributed by atoms with Gasteiger partial charge in [-0.1, -0.05) is 18.2 Å². The number of rotatable bonds is 8. The summed E-state index contributed by atoms with van der Waals surface area (Å²) in [6.07, 6.45) is 1.80. The van der Waals surface area contributed by atoms with Gasteiger partial charge in [-0.3, -0.25) is 4.99 Å². The van der Waals surface area contributed by atoms with Gasteiger partial charge in [-0.15, -0.1) is 0 Å². The third-order valence-electron chi connectivity index (χ3n) is 5.20. The first kappa shape index (κ1) is 21.8. The summed E-state index contributed by atoms with van der Waals surface area (Å²) in [5.74, 6) is 0.895. The third-order valence-corrected chi connectivity index (χ3v) is 5.20. The van der Waals surface area contributed by atoms with E-state index in [0.29, 0.717) is 23.7 Å². The van der Waals surface area contributed by atoms with Gasteiger partial charge in [-0.25, -0.2) is 4.39 Å². The summed E-state index contributed by atoms with van der Waals surface area (Å²) in [4.78, 5) is 6.90. The fraction of sp³-hybridized carbons (Fsp3) is 0.269. The number of halogens is 1. The molecule has 5 nitrogen and oxygen atoms in total. The first-order valence-electron chi connectivity index (χ1n) is 10.8. The average Bonchev–Trinajstić information content (AvgIpc) is 2.84. The lowest BCUT2D eigenvalue weighted by atomic mass is 10.2. The van der Waals surface area contributed by atoms with E-state index in [1.165, 1.54) is 11.8 Å². The van der Waals surface area contributed by atoms with Crippen LogP contribution in [0.25, 0.3) is 0 Å². The molecule has 0 radical (unpaired) electrons. The number of benzene rings is 3. The molecule has 0 saturated carbocycles. The molecule has 32 heavy (non-hydrogen) atoms. The highest BCUT2D eigenvalue weighted by Crippen LogP contribution is 2.29. The van der Waals surface area contributed by atoms with Crippen molar-refractivity contribution >= 4 is 17.6 Å². The summed E-state index contributed by atoms with van der Waals surface area (Å²) in [6, 6.07) is 20.4. The van der Waals surface area contributed by atoms with E-state index >= 15 is 0 Å². The van der Waals surface area contributed by atoms with E-state index in [9.17, 15) is 4.39 Å². The van der Waals surface area contributed by atoms with Crippen LogP contribution in [0.5, 0.6) is 11.5 Å². The van der Waals surface area contributed by atoms with Crippen LogP contribution in [0.4, 0.5) is 15.8 Å². The van der Waals surface area contributed by atoms with Gasteiger partial charge in [0.1, 0.15) is 12.4 Å². The van der Waals surface area contributed by atoms with Crippen LogP contribution in [0.2, 0.25) is 0 Å². The van der Waals surface area contributed by atoms with Crippen molar-refractivity contribution < 1.29 is 18.6 Å². The lowest BCUT2D eigenvalue weighted by molar-refractivity contribution is 0.122. The number of morpholine rings is 1. The molecule has 166 valence electrons. The zero-order valence-corrected chi connectivity index (χ0v) is 18.2. The fourth-order valence-corrected chi connectivity index (χ4v) is 3.48. The van der Waals surface area contributed by atoms with Gasteiger partial charge in [-0.2, -0.15) is 0 Å². The fourth-order valence-electron chi connectivity index (χ4n) is 3.48. The minimum absolute atomic E-state index is 0.135. The number of anilines is 1. The molecule has 1 fully saturated rings. The molecule has 3 aromatic carbocycles. The summed E-state index contributed by atoms with van der Waals surface area (Å²) >= 11 is 0. The molecule has 0 aromatic heterocycles. The molecule has 6 heteroatoms. The van der Waals surface area contributed by atoms with Gasteiger partial charge in [0.15, 0.2) is 11.5 Å². The summed E-state index contributed by atoms with van der Waals surface area (Å²) in [7, 11) is 0. The van der Waals surface area contributed by atoms with Gasteiger partial charge in [0.25, 0.3) is 0 Å². The van der Waals surface area contributed by atoms with Crippen LogP contribution in [0, 0.1) is 5.82 Å². The number of hydrogen-bond acceptors (Lipinski definition) is 5. The van der Waals surface area contributed by atoms with Crippen LogP contribution in [-0.4, -0.2) is 39.1 Å². The third kappa shape index (κ3) is 5.65. The molecule has 1 aliphatic rings. The highest BCUT2D eigenvalue weighted by molar-refractivity contribution is 5.83. The molecule has 0 unspecified atom stereocenters. The van der Waals surface area contributed by atoms with E-state index in [-0.39, 0.29) is 12.4 Å². The zero-order valence-electron chi connectivity index (χ0n) is 18.2. The van der Waals surface area contributed by atoms with Gasteiger partial charge in [0.05, 0.1) is 25.5 Å². The normalized spacial score (nSPS) is 14.0. The molecule has 0 atom stereocenters. The van der Waals surface area contributed by atoms with Crippen molar-refractivity contribution in [1.29, 1.82) is 0 Å². The topological polar surface area (TPSA) is 43.3 Å². The van der Waals surface area contributed by atoms with Crippen molar-refractivity contribution in [2.24, 2.45) is 4.99 Å². The second kappa shape index (κ2) is 10.8. The number of hydrogen-bond donors (Lipinski definition) is 0. The second-order valence-corrected chi connectivity index (χ2v) is 7.39. The summed E-state index contributed by atoms with van der Waals surface area (Å²) in [5, 5.41) is 0. The van der Waals surface area contributed by atoms with Gasteiger partial charge in [-0.05, 0) is 61.0 Å². The van der Waals surface area contributed by atoms with E-state index in [1.807, 2.05) is 37.3 Å². The molecule has 0 aliphatic carbocycles. The molecule has 1 saturated heterocycles. The standard InChI is InChI=1S/C26H27FN2O3/c1-2-31-26-17-20(7-12-25(26)32-19-21-5-3-4-6-24(21)27)18-28-22-8-10-23(11-9-22)29-13-15-30-16-14-29/h3-12,17-18H,2,13-16,19H2,1H3. The SMILES string of the molecule is CCOc1cc(C=Nc2ccc(N3CCOCC3)cc2)ccc1OCc1ccccc1F. The Balaban J connectivity index is 1.43. The summed E-state index contributed by atoms with van der Waals surface area (Å²) in [5.41, 5.74) is 3.45. The van der Waals surface area contributed by atoms with Gasteiger partial charge in [0.2, 0.25) is 0 Å². The maximum atomic E-state index is 13.9. The predicted molar refractivity (Wildman–Crippen MR) is 125 cm³/mol. The molecule has 1 heterocycles. The van der Waals surface area contributed by atoms with Crippen LogP contribution in [0.3, 0.4) is 0 Å². The molecule has 3 aromatic rings. The van der Waals surface area contributed by atoms with Crippen molar-refractivity contribution in [1.82, 2.24) is 0 Å². The monoisotopic (exact) mass is 434 g/mol. The largest absolute Gasteiger partial charge is 0.490 e. The maximum Gasteiger partial charge on any atom is 0.161 e.